The summed E-state index contributed by atoms with van der Waals surface area (Å²) >= 11 is 0. The molecule has 1 aromatic heterocycles. The van der Waals surface area contributed by atoms with Crippen molar-refractivity contribution in [1.82, 2.24) is 9.88 Å². The molecule has 1 aliphatic carbocycles. The zero-order chi connectivity index (χ0) is 17.4. The van der Waals surface area contributed by atoms with Gasteiger partial charge in [0.05, 0.1) is 12.7 Å². The van der Waals surface area contributed by atoms with E-state index >= 15 is 0 Å². The summed E-state index contributed by atoms with van der Waals surface area (Å²) in [5.74, 6) is 0.275. The Morgan fingerprint density at radius 3 is 3.00 bits per heavy atom. The van der Waals surface area contributed by atoms with Gasteiger partial charge in [-0.25, -0.2) is 4.79 Å². The van der Waals surface area contributed by atoms with E-state index in [0.717, 1.165) is 42.3 Å². The highest BCUT2D eigenvalue weighted by Gasteiger charge is 2.26. The van der Waals surface area contributed by atoms with Gasteiger partial charge in [-0.1, -0.05) is 12.2 Å². The summed E-state index contributed by atoms with van der Waals surface area (Å²) in [6, 6.07) is 5.55. The summed E-state index contributed by atoms with van der Waals surface area (Å²) in [5.41, 5.74) is 3.84. The first-order valence-corrected chi connectivity index (χ1v) is 8.82. The number of nitrogens with zero attached hydrogens (tertiary/aromatic N) is 1. The zero-order valence-electron chi connectivity index (χ0n) is 14.4. The van der Waals surface area contributed by atoms with Gasteiger partial charge in [0.15, 0.2) is 0 Å². The van der Waals surface area contributed by atoms with Crippen molar-refractivity contribution >= 4 is 22.8 Å². The lowest BCUT2D eigenvalue weighted by Crippen LogP contribution is -2.36. The molecule has 130 valence electrons. The number of nitrogens with one attached hydrogen (secondary N) is 1. The molecule has 25 heavy (non-hydrogen) atoms. The molecule has 1 atom stereocenters. The highest BCUT2D eigenvalue weighted by Crippen LogP contribution is 2.30. The predicted octanol–water partition coefficient (Wildman–Crippen LogP) is 3.20. The van der Waals surface area contributed by atoms with Crippen molar-refractivity contribution in [3.8, 4) is 0 Å². The van der Waals surface area contributed by atoms with Gasteiger partial charge in [0, 0.05) is 48.1 Å². The number of allylic oxidation sites excluding steroid dienone is 2. The number of carbonyl (C=O) groups excluding carboxylic acids is 2. The number of hydrogen-bond acceptors (Lipinski definition) is 3. The number of rotatable bonds is 3. The summed E-state index contributed by atoms with van der Waals surface area (Å²) in [6.07, 6.45) is 7.93. The van der Waals surface area contributed by atoms with Crippen molar-refractivity contribution in [1.29, 1.82) is 0 Å². The number of hydrogen-bond donors (Lipinski definition) is 1. The van der Waals surface area contributed by atoms with E-state index in [1.165, 1.54) is 12.8 Å². The second-order valence-corrected chi connectivity index (χ2v) is 6.87. The molecule has 0 fully saturated rings. The highest BCUT2D eigenvalue weighted by atomic mass is 16.5. The number of carbonyl (C=O) groups is 2. The third-order valence-electron chi connectivity index (χ3n) is 5.30. The molecule has 4 rings (SSSR count). The molecule has 0 radical (unpaired) electrons. The molecule has 0 bridgehead atoms. The summed E-state index contributed by atoms with van der Waals surface area (Å²) in [4.78, 5) is 29.8. The maximum Gasteiger partial charge on any atom is 0.337 e. The number of benzene rings is 1. The molecule has 1 aromatic carbocycles. The Bertz CT molecular complexity index is 865. The van der Waals surface area contributed by atoms with Crippen LogP contribution in [0.2, 0.25) is 0 Å². The monoisotopic (exact) mass is 338 g/mol. The Hall–Kier alpha value is -2.56. The molecule has 1 aliphatic heterocycles. The van der Waals surface area contributed by atoms with Crippen molar-refractivity contribution in [2.45, 2.75) is 32.2 Å². The number of methoxy groups -OCH3 is 1. The predicted molar refractivity (Wildman–Crippen MR) is 95.2 cm³/mol. The summed E-state index contributed by atoms with van der Waals surface area (Å²) in [7, 11) is 1.39. The molecule has 1 N–H and O–H groups in total. The number of aromatic nitrogens is 1. The Kier molecular flexibility index (Phi) is 4.07. The largest absolute Gasteiger partial charge is 0.465 e. The number of aromatic amines is 1. The van der Waals surface area contributed by atoms with Crippen LogP contribution in [0.1, 0.15) is 40.9 Å². The number of H-pyrrole nitrogens is 1. The van der Waals surface area contributed by atoms with Gasteiger partial charge >= 0.3 is 5.97 Å². The minimum atomic E-state index is -0.339. The summed E-state index contributed by atoms with van der Waals surface area (Å²) in [6.45, 7) is 1.36. The lowest BCUT2D eigenvalue weighted by Gasteiger charge is -2.28. The van der Waals surface area contributed by atoms with Crippen molar-refractivity contribution in [3.05, 3.63) is 47.2 Å². The minimum absolute atomic E-state index is 0.223. The first-order chi connectivity index (χ1) is 12.2. The molecule has 0 unspecified atom stereocenters. The fourth-order valence-electron chi connectivity index (χ4n) is 3.89. The molecular weight excluding hydrogens is 316 g/mol. The molecule has 2 aromatic rings. The molecule has 0 saturated carbocycles. The Balaban J connectivity index is 1.59. The maximum atomic E-state index is 12.7. The van der Waals surface area contributed by atoms with Gasteiger partial charge in [-0.2, -0.15) is 0 Å². The standard InChI is InChI=1S/C20H22N2O3/c1-25-20(24)14-6-7-17-15(11-14)16-12-22(9-8-18(16)21-17)19(23)10-13-4-2-3-5-13/h2,4,6-7,11,13,21H,3,5,8-10,12H2,1H3/t13-/m1/s1. The van der Waals surface area contributed by atoms with E-state index in [-0.39, 0.29) is 11.9 Å². The summed E-state index contributed by atoms with van der Waals surface area (Å²) in [5, 5.41) is 1.01. The van der Waals surface area contributed by atoms with Gasteiger partial charge < -0.3 is 14.6 Å². The maximum absolute atomic E-state index is 12.7. The van der Waals surface area contributed by atoms with Gasteiger partial charge in [0.1, 0.15) is 0 Å². The first kappa shape index (κ1) is 15.9. The van der Waals surface area contributed by atoms with Gasteiger partial charge in [-0.05, 0) is 37.0 Å². The van der Waals surface area contributed by atoms with Crippen LogP contribution in [0.25, 0.3) is 10.9 Å². The number of amides is 1. The number of ether oxygens (including phenoxy) is 1. The Morgan fingerprint density at radius 2 is 2.24 bits per heavy atom. The molecular formula is C20H22N2O3. The van der Waals surface area contributed by atoms with E-state index < -0.39 is 0 Å². The van der Waals surface area contributed by atoms with Crippen LogP contribution < -0.4 is 0 Å². The molecule has 1 amide bonds. The average Bonchev–Trinajstić information content (AvgIpc) is 3.27. The van der Waals surface area contributed by atoms with Crippen molar-refractivity contribution in [2.24, 2.45) is 5.92 Å². The zero-order valence-corrected chi connectivity index (χ0v) is 14.4. The topological polar surface area (TPSA) is 62.4 Å². The van der Waals surface area contributed by atoms with Crippen LogP contribution in [0, 0.1) is 5.92 Å². The van der Waals surface area contributed by atoms with Gasteiger partial charge in [0.2, 0.25) is 5.91 Å². The quantitative estimate of drug-likeness (QED) is 0.690. The fraction of sp³-hybridized carbons (Fsp3) is 0.400. The highest BCUT2D eigenvalue weighted by molar-refractivity contribution is 5.96. The lowest BCUT2D eigenvalue weighted by molar-refractivity contribution is -0.132. The van der Waals surface area contributed by atoms with Crippen molar-refractivity contribution in [2.75, 3.05) is 13.7 Å². The van der Waals surface area contributed by atoms with E-state index in [4.69, 9.17) is 4.74 Å². The third-order valence-corrected chi connectivity index (χ3v) is 5.30. The Morgan fingerprint density at radius 1 is 1.36 bits per heavy atom. The smallest absolute Gasteiger partial charge is 0.337 e. The minimum Gasteiger partial charge on any atom is -0.465 e. The fourth-order valence-corrected chi connectivity index (χ4v) is 3.89. The van der Waals surface area contributed by atoms with E-state index in [9.17, 15) is 9.59 Å². The van der Waals surface area contributed by atoms with Gasteiger partial charge in [-0.3, -0.25) is 4.79 Å². The SMILES string of the molecule is COC(=O)c1ccc2[nH]c3c(c2c1)CN(C(=O)C[C@@H]1C=CCC1)CC3. The first-order valence-electron chi connectivity index (χ1n) is 8.82. The van der Waals surface area contributed by atoms with Crippen molar-refractivity contribution in [3.63, 3.8) is 0 Å². The molecule has 5 nitrogen and oxygen atoms in total. The second kappa shape index (κ2) is 6.39. The second-order valence-electron chi connectivity index (χ2n) is 6.87. The lowest BCUT2D eigenvalue weighted by atomic mass is 10.0. The normalized spacial score (nSPS) is 19.2. The van der Waals surface area contributed by atoms with Crippen LogP contribution in [-0.2, 0) is 22.5 Å². The van der Waals surface area contributed by atoms with Crippen LogP contribution in [0.5, 0.6) is 0 Å². The van der Waals surface area contributed by atoms with E-state index in [0.29, 0.717) is 24.4 Å². The average molecular weight is 338 g/mol. The molecule has 0 saturated heterocycles. The van der Waals surface area contributed by atoms with Crippen LogP contribution >= 0.6 is 0 Å². The molecule has 5 heteroatoms. The van der Waals surface area contributed by atoms with E-state index in [2.05, 4.69) is 17.1 Å². The summed E-state index contributed by atoms with van der Waals surface area (Å²) < 4.78 is 4.82. The Labute approximate surface area is 146 Å². The molecule has 0 spiro atoms. The third kappa shape index (κ3) is 2.95. The van der Waals surface area contributed by atoms with Crippen LogP contribution in [-0.4, -0.2) is 35.4 Å². The van der Waals surface area contributed by atoms with E-state index in [1.807, 2.05) is 17.0 Å². The van der Waals surface area contributed by atoms with E-state index in [1.54, 1.807) is 6.07 Å². The van der Waals surface area contributed by atoms with Crippen LogP contribution in [0.3, 0.4) is 0 Å². The van der Waals surface area contributed by atoms with Crippen LogP contribution in [0.15, 0.2) is 30.4 Å². The van der Waals surface area contributed by atoms with Crippen LogP contribution in [0.4, 0.5) is 0 Å². The number of esters is 1. The molecule has 2 heterocycles. The van der Waals surface area contributed by atoms with Gasteiger partial charge in [-0.15, -0.1) is 0 Å². The van der Waals surface area contributed by atoms with Crippen molar-refractivity contribution < 1.29 is 14.3 Å². The molecule has 2 aliphatic rings. The van der Waals surface area contributed by atoms with Gasteiger partial charge in [0.25, 0.3) is 0 Å². The number of fused-ring (bicyclic) bond motifs is 3.